The summed E-state index contributed by atoms with van der Waals surface area (Å²) in [6, 6.07) is 23.0. The molecule has 0 unspecified atom stereocenters. The average molecular weight is 449 g/mol. The van der Waals surface area contributed by atoms with Crippen LogP contribution in [-0.2, 0) is 14.8 Å². The van der Waals surface area contributed by atoms with Crippen molar-refractivity contribution in [3.8, 4) is 5.75 Å². The Bertz CT molecular complexity index is 1250. The molecule has 0 saturated heterocycles. The van der Waals surface area contributed by atoms with Gasteiger partial charge in [0.05, 0.1) is 12.0 Å². The maximum atomic E-state index is 13.3. The van der Waals surface area contributed by atoms with E-state index in [0.29, 0.717) is 17.0 Å². The molecular formula is C25H24N2O4S. The molecule has 164 valence electrons. The number of amides is 1. The molecule has 4 rings (SSSR count). The van der Waals surface area contributed by atoms with Crippen molar-refractivity contribution in [2.24, 2.45) is 0 Å². The van der Waals surface area contributed by atoms with Gasteiger partial charge in [0.25, 0.3) is 5.91 Å². The second kappa shape index (κ2) is 9.38. The molecule has 6 nitrogen and oxygen atoms in total. The number of carbonyl (C=O) groups is 1. The molecule has 0 aliphatic heterocycles. The monoisotopic (exact) mass is 448 g/mol. The Morgan fingerprint density at radius 2 is 1.69 bits per heavy atom. The predicted octanol–water partition coefficient (Wildman–Crippen LogP) is 4.32. The molecule has 3 aromatic rings. The Morgan fingerprint density at radius 1 is 0.969 bits per heavy atom. The summed E-state index contributed by atoms with van der Waals surface area (Å²) in [5.41, 5.74) is 2.32. The summed E-state index contributed by atoms with van der Waals surface area (Å²) >= 11 is 0. The quantitative estimate of drug-likeness (QED) is 0.397. The molecule has 0 heterocycles. The minimum atomic E-state index is -3.62. The van der Waals surface area contributed by atoms with E-state index in [-0.39, 0.29) is 16.8 Å². The predicted molar refractivity (Wildman–Crippen MR) is 126 cm³/mol. The molecule has 0 radical (unpaired) electrons. The summed E-state index contributed by atoms with van der Waals surface area (Å²) in [6.07, 6.45) is 3.46. The first-order valence-corrected chi connectivity index (χ1v) is 11.8. The first-order chi connectivity index (χ1) is 15.5. The van der Waals surface area contributed by atoms with Crippen LogP contribution in [0.1, 0.15) is 24.0 Å². The molecule has 32 heavy (non-hydrogen) atoms. The van der Waals surface area contributed by atoms with Crippen LogP contribution in [0.2, 0.25) is 0 Å². The Hall–Kier alpha value is -3.42. The van der Waals surface area contributed by atoms with Gasteiger partial charge < -0.3 is 10.1 Å². The standard InChI is InChI=1S/C25H24N2O4S/c1-31-24-13-6-5-10-19(24)16-23(18-8-3-2-4-9-18)25(28)26-21-11-7-12-22(17-21)32(29,30)27-20-14-15-20/h2-13,16-17,20,27H,14-15H2,1H3,(H,26,28)/b23-16+. The molecule has 0 aromatic heterocycles. The van der Waals surface area contributed by atoms with Crippen LogP contribution in [0.4, 0.5) is 5.69 Å². The first-order valence-electron chi connectivity index (χ1n) is 10.3. The van der Waals surface area contributed by atoms with Gasteiger partial charge in [0.2, 0.25) is 10.0 Å². The fourth-order valence-electron chi connectivity index (χ4n) is 3.27. The van der Waals surface area contributed by atoms with Crippen molar-refractivity contribution in [3.05, 3.63) is 90.0 Å². The molecule has 0 spiro atoms. The van der Waals surface area contributed by atoms with Crippen molar-refractivity contribution in [1.82, 2.24) is 4.72 Å². The number of anilines is 1. The molecule has 2 N–H and O–H groups in total. The molecule has 3 aromatic carbocycles. The zero-order valence-electron chi connectivity index (χ0n) is 17.6. The number of hydrogen-bond donors (Lipinski definition) is 2. The number of benzene rings is 3. The average Bonchev–Trinajstić information content (AvgIpc) is 3.61. The minimum Gasteiger partial charge on any atom is -0.496 e. The van der Waals surface area contributed by atoms with Gasteiger partial charge in [-0.15, -0.1) is 0 Å². The lowest BCUT2D eigenvalue weighted by Crippen LogP contribution is -2.25. The van der Waals surface area contributed by atoms with Gasteiger partial charge in [-0.3, -0.25) is 4.79 Å². The van der Waals surface area contributed by atoms with Gasteiger partial charge >= 0.3 is 0 Å². The van der Waals surface area contributed by atoms with Crippen molar-refractivity contribution >= 4 is 33.3 Å². The van der Waals surface area contributed by atoms with E-state index < -0.39 is 10.0 Å². The number of rotatable bonds is 8. The lowest BCUT2D eigenvalue weighted by atomic mass is 10.0. The van der Waals surface area contributed by atoms with Crippen molar-refractivity contribution in [3.63, 3.8) is 0 Å². The number of hydrogen-bond acceptors (Lipinski definition) is 4. The second-order valence-electron chi connectivity index (χ2n) is 7.54. The van der Waals surface area contributed by atoms with Gasteiger partial charge in [-0.25, -0.2) is 13.1 Å². The number of para-hydroxylation sites is 1. The summed E-state index contributed by atoms with van der Waals surface area (Å²) in [6.45, 7) is 0. The number of ether oxygens (including phenoxy) is 1. The maximum Gasteiger partial charge on any atom is 0.256 e. The third kappa shape index (κ3) is 5.25. The molecular weight excluding hydrogens is 424 g/mol. The van der Waals surface area contributed by atoms with E-state index in [4.69, 9.17) is 4.74 Å². The van der Waals surface area contributed by atoms with E-state index in [0.717, 1.165) is 24.0 Å². The smallest absolute Gasteiger partial charge is 0.256 e. The van der Waals surface area contributed by atoms with Gasteiger partial charge in [-0.05, 0) is 48.7 Å². The third-order valence-corrected chi connectivity index (χ3v) is 6.59. The van der Waals surface area contributed by atoms with Crippen LogP contribution in [0.15, 0.2) is 83.8 Å². The largest absolute Gasteiger partial charge is 0.496 e. The highest BCUT2D eigenvalue weighted by Gasteiger charge is 2.28. The normalized spacial score (nSPS) is 14.1. The van der Waals surface area contributed by atoms with Crippen LogP contribution in [0.5, 0.6) is 5.75 Å². The fraction of sp³-hybridized carbons (Fsp3) is 0.160. The minimum absolute atomic E-state index is 0.00622. The topological polar surface area (TPSA) is 84.5 Å². The van der Waals surface area contributed by atoms with E-state index in [2.05, 4.69) is 10.0 Å². The van der Waals surface area contributed by atoms with Crippen LogP contribution >= 0.6 is 0 Å². The fourth-order valence-corrected chi connectivity index (χ4v) is 4.62. The summed E-state index contributed by atoms with van der Waals surface area (Å²) in [5.74, 6) is 0.291. The molecule has 0 bridgehead atoms. The Balaban J connectivity index is 1.65. The van der Waals surface area contributed by atoms with E-state index in [9.17, 15) is 13.2 Å². The van der Waals surface area contributed by atoms with Crippen LogP contribution in [0, 0.1) is 0 Å². The number of carbonyl (C=O) groups excluding carboxylic acids is 1. The Morgan fingerprint density at radius 3 is 2.41 bits per heavy atom. The van der Waals surface area contributed by atoms with Gasteiger partial charge in [-0.1, -0.05) is 54.6 Å². The van der Waals surface area contributed by atoms with Crippen LogP contribution in [-0.4, -0.2) is 27.5 Å². The lowest BCUT2D eigenvalue weighted by Gasteiger charge is -2.12. The summed E-state index contributed by atoms with van der Waals surface area (Å²) in [4.78, 5) is 13.4. The van der Waals surface area contributed by atoms with Gasteiger partial charge in [0.15, 0.2) is 0 Å². The van der Waals surface area contributed by atoms with Crippen LogP contribution < -0.4 is 14.8 Å². The van der Waals surface area contributed by atoms with Crippen molar-refractivity contribution < 1.29 is 17.9 Å². The lowest BCUT2D eigenvalue weighted by molar-refractivity contribution is -0.111. The van der Waals surface area contributed by atoms with Crippen LogP contribution in [0.3, 0.4) is 0 Å². The van der Waals surface area contributed by atoms with Gasteiger partial charge in [-0.2, -0.15) is 0 Å². The zero-order chi connectivity index (χ0) is 22.6. The highest BCUT2D eigenvalue weighted by Crippen LogP contribution is 2.27. The van der Waals surface area contributed by atoms with E-state index in [1.807, 2.05) is 54.6 Å². The summed E-state index contributed by atoms with van der Waals surface area (Å²) in [5, 5.41) is 2.84. The highest BCUT2D eigenvalue weighted by molar-refractivity contribution is 7.89. The summed E-state index contributed by atoms with van der Waals surface area (Å²) < 4.78 is 33.2. The van der Waals surface area contributed by atoms with Gasteiger partial charge in [0.1, 0.15) is 5.75 Å². The first kappa shape index (κ1) is 21.8. The molecule has 1 aliphatic carbocycles. The van der Waals surface area contributed by atoms with E-state index >= 15 is 0 Å². The Labute approximate surface area is 188 Å². The molecule has 1 amide bonds. The number of sulfonamides is 1. The van der Waals surface area contributed by atoms with Gasteiger partial charge in [0, 0.05) is 22.9 Å². The highest BCUT2D eigenvalue weighted by atomic mass is 32.2. The summed E-state index contributed by atoms with van der Waals surface area (Å²) in [7, 11) is -2.04. The SMILES string of the molecule is COc1ccccc1/C=C(/C(=O)Nc1cccc(S(=O)(=O)NC2CC2)c1)c1ccccc1. The van der Waals surface area contributed by atoms with Crippen molar-refractivity contribution in [2.75, 3.05) is 12.4 Å². The van der Waals surface area contributed by atoms with Crippen molar-refractivity contribution in [1.29, 1.82) is 0 Å². The van der Waals surface area contributed by atoms with E-state index in [1.165, 1.54) is 12.1 Å². The zero-order valence-corrected chi connectivity index (χ0v) is 18.4. The molecule has 7 heteroatoms. The van der Waals surface area contributed by atoms with Crippen LogP contribution in [0.25, 0.3) is 11.6 Å². The Kier molecular flexibility index (Phi) is 6.39. The number of methoxy groups -OCH3 is 1. The molecule has 1 saturated carbocycles. The molecule has 1 aliphatic rings. The molecule has 1 fully saturated rings. The second-order valence-corrected chi connectivity index (χ2v) is 9.26. The molecule has 0 atom stereocenters. The van der Waals surface area contributed by atoms with E-state index in [1.54, 1.807) is 25.3 Å². The third-order valence-electron chi connectivity index (χ3n) is 5.07. The maximum absolute atomic E-state index is 13.3. The van der Waals surface area contributed by atoms with Crippen molar-refractivity contribution in [2.45, 2.75) is 23.8 Å². The number of nitrogens with one attached hydrogen (secondary N) is 2.